The number of aliphatic carboxylic acids is 1. The van der Waals surface area contributed by atoms with Crippen LogP contribution in [0.5, 0.6) is 0 Å². The molecule has 0 atom stereocenters. The van der Waals surface area contributed by atoms with Gasteiger partial charge in [-0.1, -0.05) is 0 Å². The second-order valence-corrected chi connectivity index (χ2v) is 6.75. The molecule has 0 aromatic heterocycles. The van der Waals surface area contributed by atoms with Crippen molar-refractivity contribution >= 4 is 12.1 Å². The summed E-state index contributed by atoms with van der Waals surface area (Å²) in [6.45, 7) is 5.56. The Bertz CT molecular complexity index is 365. The van der Waals surface area contributed by atoms with E-state index in [1.165, 1.54) is 0 Å². The van der Waals surface area contributed by atoms with E-state index in [1.807, 2.05) is 0 Å². The van der Waals surface area contributed by atoms with Gasteiger partial charge in [-0.3, -0.25) is 4.79 Å². The molecule has 0 unspecified atom stereocenters. The molecule has 0 aromatic rings. The Balaban J connectivity index is 1.97. The second kappa shape index (κ2) is 4.69. The lowest BCUT2D eigenvalue weighted by molar-refractivity contribution is -0.151. The van der Waals surface area contributed by atoms with Gasteiger partial charge in [-0.15, -0.1) is 0 Å². The van der Waals surface area contributed by atoms with Crippen molar-refractivity contribution in [2.24, 2.45) is 17.3 Å². The number of rotatable bonds is 5. The number of ether oxygens (including phenoxy) is 1. The maximum atomic E-state index is 11.7. The summed E-state index contributed by atoms with van der Waals surface area (Å²) >= 11 is 0. The maximum Gasteiger partial charge on any atom is 0.407 e. The molecule has 2 fully saturated rings. The maximum absolute atomic E-state index is 11.7. The number of nitrogens with one attached hydrogen (secondary N) is 1. The molecule has 0 radical (unpaired) electrons. The summed E-state index contributed by atoms with van der Waals surface area (Å²) < 4.78 is 5.17. The van der Waals surface area contributed by atoms with Crippen molar-refractivity contribution in [2.45, 2.75) is 52.1 Å². The monoisotopic (exact) mass is 269 g/mol. The van der Waals surface area contributed by atoms with E-state index in [9.17, 15) is 14.7 Å². The zero-order chi connectivity index (χ0) is 14.3. The third kappa shape index (κ3) is 3.19. The van der Waals surface area contributed by atoms with Gasteiger partial charge in [0.15, 0.2) is 0 Å². The highest BCUT2D eigenvalue weighted by atomic mass is 16.6. The van der Waals surface area contributed by atoms with Gasteiger partial charge in [0.25, 0.3) is 0 Å². The van der Waals surface area contributed by atoms with Crippen LogP contribution < -0.4 is 5.32 Å². The quantitative estimate of drug-likeness (QED) is 0.803. The fourth-order valence-electron chi connectivity index (χ4n) is 2.78. The van der Waals surface area contributed by atoms with Crippen molar-refractivity contribution in [2.75, 3.05) is 6.54 Å². The topological polar surface area (TPSA) is 75.6 Å². The third-order valence-electron chi connectivity index (χ3n) is 3.93. The Morgan fingerprint density at radius 2 is 1.63 bits per heavy atom. The molecule has 0 saturated heterocycles. The van der Waals surface area contributed by atoms with E-state index < -0.39 is 23.1 Å². The van der Waals surface area contributed by atoms with E-state index in [2.05, 4.69) is 5.32 Å². The summed E-state index contributed by atoms with van der Waals surface area (Å²) in [5.41, 5.74) is -1.33. The number of carbonyl (C=O) groups is 2. The van der Waals surface area contributed by atoms with Crippen LogP contribution in [0.2, 0.25) is 0 Å². The molecule has 2 aliphatic rings. The average molecular weight is 269 g/mol. The Labute approximate surface area is 113 Å². The van der Waals surface area contributed by atoms with Crippen LogP contribution in [0.4, 0.5) is 4.79 Å². The average Bonchev–Trinajstić information content (AvgIpc) is 3.10. The van der Waals surface area contributed by atoms with Gasteiger partial charge < -0.3 is 15.2 Å². The van der Waals surface area contributed by atoms with Crippen molar-refractivity contribution in [3.05, 3.63) is 0 Å². The van der Waals surface area contributed by atoms with Crippen LogP contribution >= 0.6 is 0 Å². The van der Waals surface area contributed by atoms with Crippen LogP contribution in [-0.2, 0) is 9.53 Å². The van der Waals surface area contributed by atoms with Crippen molar-refractivity contribution in [3.63, 3.8) is 0 Å². The van der Waals surface area contributed by atoms with Crippen LogP contribution in [0.3, 0.4) is 0 Å². The van der Waals surface area contributed by atoms with Crippen LogP contribution in [0.1, 0.15) is 46.5 Å². The number of carboxylic acid groups (broad SMARTS) is 1. The molecule has 0 aromatic carbocycles. The summed E-state index contributed by atoms with van der Waals surface area (Å²) in [4.78, 5) is 23.4. The zero-order valence-corrected chi connectivity index (χ0v) is 11.9. The van der Waals surface area contributed by atoms with E-state index in [-0.39, 0.29) is 18.4 Å². The van der Waals surface area contributed by atoms with Gasteiger partial charge in [0.05, 0.1) is 5.41 Å². The van der Waals surface area contributed by atoms with Gasteiger partial charge in [-0.2, -0.15) is 0 Å². The summed E-state index contributed by atoms with van der Waals surface area (Å²) in [5, 5.41) is 12.3. The summed E-state index contributed by atoms with van der Waals surface area (Å²) in [6, 6.07) is 0. The number of amides is 1. The third-order valence-corrected chi connectivity index (χ3v) is 3.93. The van der Waals surface area contributed by atoms with Crippen molar-refractivity contribution in [1.82, 2.24) is 5.32 Å². The normalized spacial score (nSPS) is 19.9. The molecule has 108 valence electrons. The molecular formula is C14H23NO4. The minimum atomic E-state index is -0.770. The zero-order valence-electron chi connectivity index (χ0n) is 11.9. The summed E-state index contributed by atoms with van der Waals surface area (Å²) in [5.74, 6) is -0.339. The fourth-order valence-corrected chi connectivity index (χ4v) is 2.78. The van der Waals surface area contributed by atoms with Crippen LogP contribution in [0.25, 0.3) is 0 Å². The number of alkyl carbamates (subject to hydrolysis) is 1. The fraction of sp³-hybridized carbons (Fsp3) is 0.857. The van der Waals surface area contributed by atoms with E-state index in [0.717, 1.165) is 25.7 Å². The molecule has 0 aliphatic heterocycles. The van der Waals surface area contributed by atoms with Gasteiger partial charge in [0, 0.05) is 6.54 Å². The molecule has 5 nitrogen and oxygen atoms in total. The molecule has 0 bridgehead atoms. The highest BCUT2D eigenvalue weighted by molar-refractivity contribution is 5.78. The predicted molar refractivity (Wildman–Crippen MR) is 69.8 cm³/mol. The first kappa shape index (κ1) is 14.2. The Morgan fingerprint density at radius 1 is 1.16 bits per heavy atom. The van der Waals surface area contributed by atoms with Crippen molar-refractivity contribution in [1.29, 1.82) is 0 Å². The summed E-state index contributed by atoms with van der Waals surface area (Å²) in [7, 11) is 0. The van der Waals surface area contributed by atoms with Crippen LogP contribution in [0.15, 0.2) is 0 Å². The van der Waals surface area contributed by atoms with Gasteiger partial charge in [0.2, 0.25) is 0 Å². The predicted octanol–water partition coefficient (Wildman–Crippen LogP) is 2.40. The molecule has 1 amide bonds. The molecule has 2 N–H and O–H groups in total. The SMILES string of the molecule is CC(C)(C)OC(=O)NCC(C(=O)O)(C1CC1)C1CC1. The minimum absolute atomic E-state index is 0.187. The van der Waals surface area contributed by atoms with Crippen molar-refractivity contribution in [3.8, 4) is 0 Å². The van der Waals surface area contributed by atoms with E-state index >= 15 is 0 Å². The highest BCUT2D eigenvalue weighted by Gasteiger charge is 2.59. The number of hydrogen-bond acceptors (Lipinski definition) is 3. The first-order valence-electron chi connectivity index (χ1n) is 6.96. The van der Waals surface area contributed by atoms with E-state index in [1.54, 1.807) is 20.8 Å². The first-order chi connectivity index (χ1) is 8.75. The van der Waals surface area contributed by atoms with Crippen LogP contribution in [0, 0.1) is 17.3 Å². The van der Waals surface area contributed by atoms with Crippen molar-refractivity contribution < 1.29 is 19.4 Å². The van der Waals surface area contributed by atoms with Gasteiger partial charge >= 0.3 is 12.1 Å². The molecule has 5 heteroatoms. The molecule has 0 heterocycles. The number of hydrogen-bond donors (Lipinski definition) is 2. The molecule has 2 rings (SSSR count). The number of carboxylic acids is 1. The largest absolute Gasteiger partial charge is 0.481 e. The molecule has 0 spiro atoms. The lowest BCUT2D eigenvalue weighted by Crippen LogP contribution is -2.47. The summed E-state index contributed by atoms with van der Waals surface area (Å²) in [6.07, 6.45) is 3.30. The Kier molecular flexibility index (Phi) is 3.49. The first-order valence-corrected chi connectivity index (χ1v) is 6.96. The number of carbonyl (C=O) groups excluding carboxylic acids is 1. The highest BCUT2D eigenvalue weighted by Crippen LogP contribution is 2.57. The van der Waals surface area contributed by atoms with Gasteiger partial charge in [0.1, 0.15) is 5.60 Å². The Hall–Kier alpha value is -1.26. The molecule has 2 aliphatic carbocycles. The van der Waals surface area contributed by atoms with E-state index in [0.29, 0.717) is 0 Å². The second-order valence-electron chi connectivity index (χ2n) is 6.75. The Morgan fingerprint density at radius 3 is 1.95 bits per heavy atom. The van der Waals surface area contributed by atoms with Gasteiger partial charge in [-0.25, -0.2) is 4.79 Å². The standard InChI is InChI=1S/C14H23NO4/c1-13(2,3)19-12(18)15-8-14(11(16)17,9-4-5-9)10-6-7-10/h9-10H,4-8H2,1-3H3,(H,15,18)(H,16,17). The van der Waals surface area contributed by atoms with E-state index in [4.69, 9.17) is 4.74 Å². The smallest absolute Gasteiger partial charge is 0.407 e. The molecule has 2 saturated carbocycles. The lowest BCUT2D eigenvalue weighted by atomic mass is 9.77. The molecule has 19 heavy (non-hydrogen) atoms. The molecular weight excluding hydrogens is 246 g/mol. The minimum Gasteiger partial charge on any atom is -0.481 e. The van der Waals surface area contributed by atoms with Crippen LogP contribution in [-0.4, -0.2) is 29.3 Å². The lowest BCUT2D eigenvalue weighted by Gasteiger charge is -2.30. The van der Waals surface area contributed by atoms with Gasteiger partial charge in [-0.05, 0) is 58.3 Å².